The molecule has 0 amide bonds. The zero-order chi connectivity index (χ0) is 13.6. The van der Waals surface area contributed by atoms with Gasteiger partial charge in [-0.25, -0.2) is 0 Å². The molecule has 0 bridgehead atoms. The van der Waals surface area contributed by atoms with E-state index in [2.05, 4.69) is 38.8 Å². The molecule has 0 radical (unpaired) electrons. The van der Waals surface area contributed by atoms with E-state index in [1.807, 2.05) is 13.1 Å². The maximum Gasteiger partial charge on any atom is 0.257 e. The second-order valence-corrected chi connectivity index (χ2v) is 8.95. The van der Waals surface area contributed by atoms with Crippen molar-refractivity contribution in [2.45, 2.75) is 32.7 Å². The first-order chi connectivity index (χ1) is 7.73. The van der Waals surface area contributed by atoms with E-state index in [9.17, 15) is 4.80 Å². The summed E-state index contributed by atoms with van der Waals surface area (Å²) in [6, 6.07) is 0. The van der Waals surface area contributed by atoms with E-state index in [0.29, 0.717) is 0 Å². The smallest absolute Gasteiger partial charge is 0.257 e. The zero-order valence-electron chi connectivity index (χ0n) is 12.0. The summed E-state index contributed by atoms with van der Waals surface area (Å²) in [5.41, 5.74) is 0. The van der Waals surface area contributed by atoms with Gasteiger partial charge in [-0.3, -0.25) is 0 Å². The lowest BCUT2D eigenvalue weighted by Gasteiger charge is -2.33. The Morgan fingerprint density at radius 1 is 1.53 bits per heavy atom. The predicted octanol–water partition coefficient (Wildman–Crippen LogP) is 2.28. The Labute approximate surface area is 108 Å². The average Bonchev–Trinajstić information content (AvgIpc) is 2.23. The summed E-state index contributed by atoms with van der Waals surface area (Å²) in [6.45, 7) is 12.8. The van der Waals surface area contributed by atoms with Crippen molar-refractivity contribution in [3.8, 4) is 0 Å². The number of methoxy groups -OCH3 is 1. The van der Waals surface area contributed by atoms with Crippen molar-refractivity contribution in [2.24, 2.45) is 5.92 Å². The zero-order valence-corrected chi connectivity index (χ0v) is 13.2. The van der Waals surface area contributed by atoms with Crippen LogP contribution in [0.2, 0.25) is 5.04 Å². The van der Waals surface area contributed by atoms with Crippen LogP contribution >= 0.6 is 0 Å². The van der Waals surface area contributed by atoms with Gasteiger partial charge in [-0.15, -0.1) is 0 Å². The Bertz CT molecular complexity index is 271. The maximum absolute atomic E-state index is 10.3. The highest BCUT2D eigenvalue weighted by Gasteiger charge is 2.30. The minimum Gasteiger partial charge on any atom is -0.501 e. The molecule has 0 aromatic carbocycles. The minimum atomic E-state index is -1.89. The lowest BCUT2D eigenvalue weighted by atomic mass is 10.1. The predicted molar refractivity (Wildman–Crippen MR) is 76.2 cm³/mol. The third-order valence-electron chi connectivity index (χ3n) is 2.76. The molecule has 4 heteroatoms. The number of allylic oxidation sites excluding steroid dienone is 2. The van der Waals surface area contributed by atoms with Gasteiger partial charge in [0, 0.05) is 12.5 Å². The van der Waals surface area contributed by atoms with E-state index in [4.69, 9.17) is 4.74 Å². The summed E-state index contributed by atoms with van der Waals surface area (Å²) in [7, 11) is 1.77. The van der Waals surface area contributed by atoms with Crippen molar-refractivity contribution >= 4 is 9.20 Å². The molecule has 0 heterocycles. The number of hydrogen-bond donors (Lipinski definition) is 1. The van der Waals surface area contributed by atoms with Crippen LogP contribution in [0.4, 0.5) is 0 Å². The molecular weight excluding hydrogens is 230 g/mol. The van der Waals surface area contributed by atoms with Crippen LogP contribution in [-0.2, 0) is 4.74 Å². The Morgan fingerprint density at radius 2 is 2.06 bits per heavy atom. The highest BCUT2D eigenvalue weighted by molar-refractivity contribution is 6.50. The summed E-state index contributed by atoms with van der Waals surface area (Å²) in [5, 5.41) is -0.0101. The fourth-order valence-electron chi connectivity index (χ4n) is 1.83. The molecule has 0 rings (SSSR count). The Hall–Kier alpha value is -0.583. The lowest BCUT2D eigenvalue weighted by Crippen LogP contribution is -2.45. The number of hydrogen-bond acceptors (Lipinski definition) is 3. The summed E-state index contributed by atoms with van der Waals surface area (Å²) >= 11 is 0. The Kier molecular flexibility index (Phi) is 6.75. The summed E-state index contributed by atoms with van der Waals surface area (Å²) in [5.74, 6) is 1.16. The van der Waals surface area contributed by atoms with Crippen LogP contribution in [0.15, 0.2) is 24.5 Å². The van der Waals surface area contributed by atoms with E-state index in [1.54, 1.807) is 13.2 Å². The Balaban J connectivity index is 4.53. The molecule has 0 fully saturated rings. The molecule has 0 aliphatic heterocycles. The first-order valence-electron chi connectivity index (χ1n) is 5.99. The molecule has 0 aromatic heterocycles. The molecule has 0 aromatic rings. The van der Waals surface area contributed by atoms with Crippen molar-refractivity contribution in [3.63, 3.8) is 0 Å². The molecule has 3 nitrogen and oxygen atoms in total. The van der Waals surface area contributed by atoms with Gasteiger partial charge in [-0.2, -0.15) is 0 Å². The number of ether oxygens (including phenoxy) is 1. The lowest BCUT2D eigenvalue weighted by molar-refractivity contribution is 0.228. The van der Waals surface area contributed by atoms with Gasteiger partial charge in [0.1, 0.15) is 0 Å². The molecule has 2 atom stereocenters. The van der Waals surface area contributed by atoms with E-state index in [-0.39, 0.29) is 11.0 Å². The van der Waals surface area contributed by atoms with Crippen molar-refractivity contribution < 1.29 is 9.53 Å². The number of rotatable bonds is 6. The SMILES string of the molecule is C=C/C=C(/OC)C(C)CN(C)[SiH](O)C(C)(C)C. The van der Waals surface area contributed by atoms with Gasteiger partial charge in [0.2, 0.25) is 0 Å². The third kappa shape index (κ3) is 5.52. The van der Waals surface area contributed by atoms with E-state index in [1.165, 1.54) is 0 Å². The average molecular weight is 257 g/mol. The molecule has 2 unspecified atom stereocenters. The first kappa shape index (κ1) is 16.4. The van der Waals surface area contributed by atoms with Crippen molar-refractivity contribution in [3.05, 3.63) is 24.5 Å². The second kappa shape index (κ2) is 6.99. The second-order valence-electron chi connectivity index (χ2n) is 5.59. The molecule has 0 saturated carbocycles. The highest BCUT2D eigenvalue weighted by Crippen LogP contribution is 2.27. The summed E-state index contributed by atoms with van der Waals surface area (Å²) in [4.78, 5) is 10.3. The van der Waals surface area contributed by atoms with Crippen LogP contribution in [0.5, 0.6) is 0 Å². The van der Waals surface area contributed by atoms with Gasteiger partial charge in [0.25, 0.3) is 9.20 Å². The molecule has 0 saturated heterocycles. The number of nitrogens with zero attached hydrogens (tertiary/aromatic N) is 1. The summed E-state index contributed by atoms with van der Waals surface area (Å²) < 4.78 is 7.40. The van der Waals surface area contributed by atoms with Crippen LogP contribution in [0.25, 0.3) is 0 Å². The Morgan fingerprint density at radius 3 is 2.41 bits per heavy atom. The first-order valence-corrected chi connectivity index (χ1v) is 7.60. The van der Waals surface area contributed by atoms with Crippen LogP contribution < -0.4 is 0 Å². The molecule has 0 aliphatic rings. The monoisotopic (exact) mass is 257 g/mol. The van der Waals surface area contributed by atoms with E-state index in [0.717, 1.165) is 12.3 Å². The van der Waals surface area contributed by atoms with Crippen molar-refractivity contribution in [1.82, 2.24) is 4.57 Å². The highest BCUT2D eigenvalue weighted by atomic mass is 28.3. The fraction of sp³-hybridized carbons (Fsp3) is 0.692. The van der Waals surface area contributed by atoms with Crippen LogP contribution in [0.1, 0.15) is 27.7 Å². The third-order valence-corrected chi connectivity index (χ3v) is 5.35. The summed E-state index contributed by atoms with van der Waals surface area (Å²) in [6.07, 6.45) is 3.61. The van der Waals surface area contributed by atoms with E-state index < -0.39 is 9.20 Å². The van der Waals surface area contributed by atoms with Crippen LogP contribution in [0.3, 0.4) is 0 Å². The molecular formula is C13H27NO2Si. The van der Waals surface area contributed by atoms with Gasteiger partial charge in [-0.1, -0.05) is 40.3 Å². The molecule has 0 spiro atoms. The molecule has 1 N–H and O–H groups in total. The van der Waals surface area contributed by atoms with Crippen LogP contribution in [-0.4, -0.2) is 39.3 Å². The molecule has 0 aliphatic carbocycles. The molecule has 17 heavy (non-hydrogen) atoms. The maximum atomic E-state index is 10.3. The quantitative estimate of drug-likeness (QED) is 0.450. The van der Waals surface area contributed by atoms with Crippen molar-refractivity contribution in [2.75, 3.05) is 20.7 Å². The van der Waals surface area contributed by atoms with Gasteiger partial charge in [0.05, 0.1) is 12.9 Å². The van der Waals surface area contributed by atoms with Gasteiger partial charge < -0.3 is 14.1 Å². The van der Waals surface area contributed by atoms with Gasteiger partial charge in [-0.05, 0) is 18.2 Å². The van der Waals surface area contributed by atoms with E-state index >= 15 is 0 Å². The minimum absolute atomic E-state index is 0.0101. The standard InChI is InChI=1S/C13H27NO2Si/c1-8-9-12(16-7)11(2)10-14(6)17(15)13(3,4)5/h8-9,11,15,17H,1,10H2,2-7H3/b12-9+. The fourth-order valence-corrected chi connectivity index (χ4v) is 3.67. The molecule has 100 valence electrons. The van der Waals surface area contributed by atoms with Crippen molar-refractivity contribution in [1.29, 1.82) is 0 Å². The topological polar surface area (TPSA) is 32.7 Å². The van der Waals surface area contributed by atoms with Gasteiger partial charge in [0.15, 0.2) is 0 Å². The van der Waals surface area contributed by atoms with Crippen LogP contribution in [0, 0.1) is 5.92 Å². The normalized spacial score (nSPS) is 16.8. The largest absolute Gasteiger partial charge is 0.501 e. The van der Waals surface area contributed by atoms with Gasteiger partial charge >= 0.3 is 0 Å².